The van der Waals surface area contributed by atoms with Crippen LogP contribution in [0.5, 0.6) is 0 Å². The molecule has 3 rings (SSSR count). The zero-order valence-corrected chi connectivity index (χ0v) is 9.86. The smallest absolute Gasteiger partial charge is 0.108 e. The number of aromatic amines is 1. The van der Waals surface area contributed by atoms with Crippen molar-refractivity contribution in [1.82, 2.24) is 15.0 Å². The summed E-state index contributed by atoms with van der Waals surface area (Å²) >= 11 is 0. The Hall–Kier alpha value is -2.16. The summed E-state index contributed by atoms with van der Waals surface area (Å²) in [6.45, 7) is 3.94. The zero-order chi connectivity index (χ0) is 11.8. The van der Waals surface area contributed by atoms with Gasteiger partial charge in [-0.15, -0.1) is 0 Å². The third-order valence-electron chi connectivity index (χ3n) is 2.86. The Morgan fingerprint density at radius 1 is 1.12 bits per heavy atom. The molecule has 0 amide bonds. The first-order chi connectivity index (χ1) is 8.24. The molecule has 0 atom stereocenters. The topological polar surface area (TPSA) is 41.6 Å². The van der Waals surface area contributed by atoms with E-state index in [2.05, 4.69) is 33.2 Å². The standard InChI is InChI=1S/C14H13N3/c1-9-8-15-10(2)14(16-9)13-7-11-5-3-4-6-12(11)17-13/h3-8,17H,1-2H3. The van der Waals surface area contributed by atoms with Gasteiger partial charge in [0.2, 0.25) is 0 Å². The lowest BCUT2D eigenvalue weighted by molar-refractivity contribution is 1.06. The Bertz CT molecular complexity index is 650. The van der Waals surface area contributed by atoms with Crippen LogP contribution in [0.4, 0.5) is 0 Å². The average Bonchev–Trinajstić information content (AvgIpc) is 2.75. The first-order valence-corrected chi connectivity index (χ1v) is 5.62. The molecule has 1 N–H and O–H groups in total. The predicted octanol–water partition coefficient (Wildman–Crippen LogP) is 3.24. The molecule has 1 aromatic carbocycles. The van der Waals surface area contributed by atoms with Crippen molar-refractivity contribution in [3.05, 3.63) is 47.9 Å². The van der Waals surface area contributed by atoms with E-state index < -0.39 is 0 Å². The van der Waals surface area contributed by atoms with E-state index >= 15 is 0 Å². The highest BCUT2D eigenvalue weighted by Crippen LogP contribution is 2.24. The molecule has 0 aliphatic rings. The second kappa shape index (κ2) is 3.70. The van der Waals surface area contributed by atoms with Crippen molar-refractivity contribution in [3.8, 4) is 11.4 Å². The molecule has 2 aromatic heterocycles. The molecular formula is C14H13N3. The fraction of sp³-hybridized carbons (Fsp3) is 0.143. The van der Waals surface area contributed by atoms with E-state index in [1.165, 1.54) is 5.39 Å². The van der Waals surface area contributed by atoms with Crippen LogP contribution >= 0.6 is 0 Å². The summed E-state index contributed by atoms with van der Waals surface area (Å²) in [5, 5.41) is 1.20. The van der Waals surface area contributed by atoms with Gasteiger partial charge >= 0.3 is 0 Å². The van der Waals surface area contributed by atoms with Gasteiger partial charge < -0.3 is 4.98 Å². The van der Waals surface area contributed by atoms with Gasteiger partial charge in [0.05, 0.1) is 17.1 Å². The van der Waals surface area contributed by atoms with Crippen molar-refractivity contribution < 1.29 is 0 Å². The number of nitrogens with zero attached hydrogens (tertiary/aromatic N) is 2. The molecule has 0 spiro atoms. The number of fused-ring (bicyclic) bond motifs is 1. The van der Waals surface area contributed by atoms with E-state index in [1.807, 2.05) is 26.0 Å². The van der Waals surface area contributed by atoms with Crippen molar-refractivity contribution in [2.75, 3.05) is 0 Å². The van der Waals surface area contributed by atoms with Crippen LogP contribution in [-0.4, -0.2) is 15.0 Å². The highest BCUT2D eigenvalue weighted by Gasteiger charge is 2.08. The van der Waals surface area contributed by atoms with Gasteiger partial charge in [0.1, 0.15) is 5.69 Å². The van der Waals surface area contributed by atoms with Gasteiger partial charge in [-0.25, -0.2) is 4.98 Å². The Balaban J connectivity index is 2.23. The molecule has 0 aliphatic heterocycles. The predicted molar refractivity (Wildman–Crippen MR) is 68.8 cm³/mol. The van der Waals surface area contributed by atoms with E-state index in [4.69, 9.17) is 0 Å². The summed E-state index contributed by atoms with van der Waals surface area (Å²) < 4.78 is 0. The lowest BCUT2D eigenvalue weighted by Gasteiger charge is -2.02. The maximum Gasteiger partial charge on any atom is 0.108 e. The van der Waals surface area contributed by atoms with Gasteiger partial charge in [-0.05, 0) is 26.0 Å². The van der Waals surface area contributed by atoms with Crippen LogP contribution in [0.3, 0.4) is 0 Å². The number of aryl methyl sites for hydroxylation is 2. The number of hydrogen-bond acceptors (Lipinski definition) is 2. The third kappa shape index (κ3) is 1.69. The highest BCUT2D eigenvalue weighted by molar-refractivity contribution is 5.85. The lowest BCUT2D eigenvalue weighted by Crippen LogP contribution is -1.94. The summed E-state index contributed by atoms with van der Waals surface area (Å²) in [5.74, 6) is 0. The fourth-order valence-corrected chi connectivity index (χ4v) is 1.99. The highest BCUT2D eigenvalue weighted by atomic mass is 14.9. The Morgan fingerprint density at radius 3 is 2.76 bits per heavy atom. The van der Waals surface area contributed by atoms with E-state index in [1.54, 1.807) is 6.20 Å². The largest absolute Gasteiger partial charge is 0.353 e. The second-order valence-corrected chi connectivity index (χ2v) is 4.22. The van der Waals surface area contributed by atoms with Gasteiger partial charge in [0.25, 0.3) is 0 Å². The van der Waals surface area contributed by atoms with Crippen molar-refractivity contribution in [1.29, 1.82) is 0 Å². The van der Waals surface area contributed by atoms with Crippen LogP contribution in [0, 0.1) is 13.8 Å². The summed E-state index contributed by atoms with van der Waals surface area (Å²) in [4.78, 5) is 12.3. The normalized spacial score (nSPS) is 10.9. The molecule has 84 valence electrons. The first-order valence-electron chi connectivity index (χ1n) is 5.62. The minimum absolute atomic E-state index is 0.932. The number of benzene rings is 1. The molecule has 3 nitrogen and oxygen atoms in total. The van der Waals surface area contributed by atoms with Crippen LogP contribution in [0.25, 0.3) is 22.3 Å². The van der Waals surface area contributed by atoms with Crippen molar-refractivity contribution in [2.24, 2.45) is 0 Å². The summed E-state index contributed by atoms with van der Waals surface area (Å²) in [5.41, 5.74) is 4.97. The molecule has 3 heteroatoms. The number of H-pyrrole nitrogens is 1. The molecule has 0 saturated heterocycles. The van der Waals surface area contributed by atoms with Gasteiger partial charge in [0, 0.05) is 17.1 Å². The second-order valence-electron chi connectivity index (χ2n) is 4.22. The van der Waals surface area contributed by atoms with E-state index in [-0.39, 0.29) is 0 Å². The molecule has 0 unspecified atom stereocenters. The van der Waals surface area contributed by atoms with Crippen molar-refractivity contribution in [2.45, 2.75) is 13.8 Å². The average molecular weight is 223 g/mol. The fourth-order valence-electron chi connectivity index (χ4n) is 1.99. The molecule has 2 heterocycles. The van der Waals surface area contributed by atoms with E-state index in [0.717, 1.165) is 28.3 Å². The molecule has 0 aliphatic carbocycles. The van der Waals surface area contributed by atoms with Crippen molar-refractivity contribution in [3.63, 3.8) is 0 Å². The van der Waals surface area contributed by atoms with Gasteiger partial charge in [-0.2, -0.15) is 0 Å². The number of rotatable bonds is 1. The number of para-hydroxylation sites is 1. The molecule has 0 radical (unpaired) electrons. The minimum atomic E-state index is 0.932. The van der Waals surface area contributed by atoms with Crippen LogP contribution < -0.4 is 0 Å². The SMILES string of the molecule is Cc1cnc(C)c(-c2cc3ccccc3[nH]2)n1. The van der Waals surface area contributed by atoms with Crippen LogP contribution in [0.1, 0.15) is 11.4 Å². The maximum atomic E-state index is 4.54. The summed E-state index contributed by atoms with van der Waals surface area (Å²) in [7, 11) is 0. The molecule has 0 bridgehead atoms. The Labute approximate surface area is 99.5 Å². The van der Waals surface area contributed by atoms with Gasteiger partial charge in [-0.1, -0.05) is 18.2 Å². The number of hydrogen-bond donors (Lipinski definition) is 1. The van der Waals surface area contributed by atoms with Gasteiger partial charge in [0.15, 0.2) is 0 Å². The Kier molecular flexibility index (Phi) is 2.18. The lowest BCUT2D eigenvalue weighted by atomic mass is 10.2. The van der Waals surface area contributed by atoms with Crippen LogP contribution in [0.15, 0.2) is 36.5 Å². The zero-order valence-electron chi connectivity index (χ0n) is 9.86. The third-order valence-corrected chi connectivity index (χ3v) is 2.86. The molecule has 3 aromatic rings. The molecule has 0 saturated carbocycles. The first kappa shape index (κ1) is 10.0. The molecule has 0 fully saturated rings. The minimum Gasteiger partial charge on any atom is -0.353 e. The maximum absolute atomic E-state index is 4.54. The molecular weight excluding hydrogens is 210 g/mol. The quantitative estimate of drug-likeness (QED) is 0.688. The van der Waals surface area contributed by atoms with Crippen molar-refractivity contribution >= 4 is 10.9 Å². The van der Waals surface area contributed by atoms with Crippen LogP contribution in [-0.2, 0) is 0 Å². The molecule has 17 heavy (non-hydrogen) atoms. The monoisotopic (exact) mass is 223 g/mol. The van der Waals surface area contributed by atoms with E-state index in [0.29, 0.717) is 0 Å². The number of aromatic nitrogens is 3. The summed E-state index contributed by atoms with van der Waals surface area (Å²) in [6.07, 6.45) is 1.79. The van der Waals surface area contributed by atoms with Gasteiger partial charge in [-0.3, -0.25) is 4.98 Å². The summed E-state index contributed by atoms with van der Waals surface area (Å²) in [6, 6.07) is 10.3. The number of nitrogens with one attached hydrogen (secondary N) is 1. The Morgan fingerprint density at radius 2 is 1.94 bits per heavy atom. The van der Waals surface area contributed by atoms with E-state index in [9.17, 15) is 0 Å². The van der Waals surface area contributed by atoms with Crippen LogP contribution in [0.2, 0.25) is 0 Å².